The maximum Gasteiger partial charge on any atom is 0.0648 e. The van der Waals surface area contributed by atoms with Gasteiger partial charge in [0.1, 0.15) is 0 Å². The van der Waals surface area contributed by atoms with Crippen LogP contribution >= 0.6 is 0 Å². The Morgan fingerprint density at radius 3 is 2.57 bits per heavy atom. The first-order valence-corrected chi connectivity index (χ1v) is 8.76. The molecule has 0 aliphatic rings. The fourth-order valence-electron chi connectivity index (χ4n) is 2.27. The predicted molar refractivity (Wildman–Crippen MR) is 88.3 cm³/mol. The molecule has 0 bridgehead atoms. The highest BCUT2D eigenvalue weighted by Crippen LogP contribution is 2.17. The van der Waals surface area contributed by atoms with Gasteiger partial charge in [0.25, 0.3) is 0 Å². The highest BCUT2D eigenvalue weighted by Gasteiger charge is 2.13. The van der Waals surface area contributed by atoms with E-state index in [1.54, 1.807) is 6.26 Å². The molecule has 2 rings (SSSR count). The SMILES string of the molecule is Cc1nn(-c2ccccc2)c(C)c1CNCC(C)S(C)=O. The molecule has 1 aromatic heterocycles. The van der Waals surface area contributed by atoms with Crippen LogP contribution in [0.15, 0.2) is 30.3 Å². The Kier molecular flexibility index (Phi) is 5.31. The van der Waals surface area contributed by atoms with Gasteiger partial charge in [-0.25, -0.2) is 4.68 Å². The lowest BCUT2D eigenvalue weighted by Gasteiger charge is -2.10. The topological polar surface area (TPSA) is 46.9 Å². The van der Waals surface area contributed by atoms with Gasteiger partial charge >= 0.3 is 0 Å². The summed E-state index contributed by atoms with van der Waals surface area (Å²) in [7, 11) is -0.787. The summed E-state index contributed by atoms with van der Waals surface area (Å²) in [4.78, 5) is 0. The van der Waals surface area contributed by atoms with Crippen molar-refractivity contribution in [3.8, 4) is 5.69 Å². The van der Waals surface area contributed by atoms with E-state index in [2.05, 4.69) is 29.5 Å². The lowest BCUT2D eigenvalue weighted by molar-refractivity contribution is 0.645. The van der Waals surface area contributed by atoms with Crippen molar-refractivity contribution < 1.29 is 4.21 Å². The summed E-state index contributed by atoms with van der Waals surface area (Å²) in [6, 6.07) is 10.1. The molecule has 2 aromatic rings. The van der Waals surface area contributed by atoms with Crippen LogP contribution in [0.25, 0.3) is 5.69 Å². The van der Waals surface area contributed by atoms with Gasteiger partial charge in [-0.2, -0.15) is 5.10 Å². The lowest BCUT2D eigenvalue weighted by Crippen LogP contribution is -2.27. The zero-order chi connectivity index (χ0) is 15.4. The number of para-hydroxylation sites is 1. The second kappa shape index (κ2) is 7.00. The Morgan fingerprint density at radius 1 is 1.29 bits per heavy atom. The van der Waals surface area contributed by atoms with Crippen molar-refractivity contribution in [1.82, 2.24) is 15.1 Å². The average molecular weight is 305 g/mol. The van der Waals surface area contributed by atoms with Crippen LogP contribution in [0.5, 0.6) is 0 Å². The van der Waals surface area contributed by atoms with Crippen LogP contribution in [-0.4, -0.2) is 32.0 Å². The maximum atomic E-state index is 11.4. The molecular weight excluding hydrogens is 282 g/mol. The van der Waals surface area contributed by atoms with Crippen LogP contribution in [0.3, 0.4) is 0 Å². The van der Waals surface area contributed by atoms with Gasteiger partial charge < -0.3 is 5.32 Å². The third kappa shape index (κ3) is 3.80. The molecule has 1 aromatic carbocycles. The van der Waals surface area contributed by atoms with Gasteiger partial charge in [-0.1, -0.05) is 18.2 Å². The van der Waals surface area contributed by atoms with Crippen molar-refractivity contribution in [3.63, 3.8) is 0 Å². The molecule has 0 radical (unpaired) electrons. The molecule has 0 fully saturated rings. The van der Waals surface area contributed by atoms with Gasteiger partial charge in [-0.15, -0.1) is 0 Å². The fourth-order valence-corrected chi connectivity index (χ4v) is 2.62. The zero-order valence-electron chi connectivity index (χ0n) is 13.1. The van der Waals surface area contributed by atoms with Crippen LogP contribution < -0.4 is 5.32 Å². The van der Waals surface area contributed by atoms with E-state index in [1.165, 1.54) is 5.56 Å². The van der Waals surface area contributed by atoms with Crippen molar-refractivity contribution in [2.24, 2.45) is 0 Å². The summed E-state index contributed by atoms with van der Waals surface area (Å²) in [6.45, 7) is 7.62. The molecule has 0 saturated heterocycles. The van der Waals surface area contributed by atoms with Crippen LogP contribution in [0.2, 0.25) is 0 Å². The number of nitrogens with zero attached hydrogens (tertiary/aromatic N) is 2. The monoisotopic (exact) mass is 305 g/mol. The molecule has 114 valence electrons. The third-order valence-corrected chi connectivity index (χ3v) is 5.04. The lowest BCUT2D eigenvalue weighted by atomic mass is 10.2. The summed E-state index contributed by atoms with van der Waals surface area (Å²) in [5, 5.41) is 8.17. The molecule has 1 heterocycles. The highest BCUT2D eigenvalue weighted by molar-refractivity contribution is 7.84. The van der Waals surface area contributed by atoms with E-state index >= 15 is 0 Å². The molecule has 1 N–H and O–H groups in total. The van der Waals surface area contributed by atoms with Crippen molar-refractivity contribution in [1.29, 1.82) is 0 Å². The van der Waals surface area contributed by atoms with Gasteiger partial charge in [-0.3, -0.25) is 4.21 Å². The highest BCUT2D eigenvalue weighted by atomic mass is 32.2. The second-order valence-electron chi connectivity index (χ2n) is 5.34. The quantitative estimate of drug-likeness (QED) is 0.891. The first-order chi connectivity index (χ1) is 10.0. The van der Waals surface area contributed by atoms with E-state index < -0.39 is 10.8 Å². The standard InChI is InChI=1S/C16H23N3OS/c1-12(21(4)20)10-17-11-16-13(2)18-19(14(16)3)15-8-6-5-7-9-15/h5-9,12,17H,10-11H2,1-4H3. The van der Waals surface area contributed by atoms with E-state index in [4.69, 9.17) is 0 Å². The Bertz CT molecular complexity index is 622. The molecule has 5 heteroatoms. The molecule has 0 aliphatic carbocycles. The van der Waals surface area contributed by atoms with Gasteiger partial charge in [0.2, 0.25) is 0 Å². The van der Waals surface area contributed by atoms with Crippen LogP contribution in [-0.2, 0) is 17.3 Å². The van der Waals surface area contributed by atoms with Crippen LogP contribution in [0.4, 0.5) is 0 Å². The van der Waals surface area contributed by atoms with Gasteiger partial charge in [0, 0.05) is 46.7 Å². The minimum absolute atomic E-state index is 0.162. The first-order valence-electron chi connectivity index (χ1n) is 7.14. The summed E-state index contributed by atoms with van der Waals surface area (Å²) in [6.07, 6.45) is 1.75. The average Bonchev–Trinajstić information content (AvgIpc) is 2.75. The smallest absolute Gasteiger partial charge is 0.0648 e. The Balaban J connectivity index is 2.11. The van der Waals surface area contributed by atoms with Gasteiger partial charge in [-0.05, 0) is 32.9 Å². The van der Waals surface area contributed by atoms with Gasteiger partial charge in [0.15, 0.2) is 0 Å². The fraction of sp³-hybridized carbons (Fsp3) is 0.438. The maximum absolute atomic E-state index is 11.4. The van der Waals surface area contributed by atoms with Gasteiger partial charge in [0.05, 0.1) is 11.4 Å². The van der Waals surface area contributed by atoms with Crippen LogP contribution in [0, 0.1) is 13.8 Å². The molecule has 0 amide bonds. The van der Waals surface area contributed by atoms with Crippen molar-refractivity contribution in [2.75, 3.05) is 12.8 Å². The number of aromatic nitrogens is 2. The number of hydrogen-bond acceptors (Lipinski definition) is 3. The van der Waals surface area contributed by atoms with E-state index in [9.17, 15) is 4.21 Å². The van der Waals surface area contributed by atoms with Crippen molar-refractivity contribution in [2.45, 2.75) is 32.6 Å². The van der Waals surface area contributed by atoms with Crippen molar-refractivity contribution in [3.05, 3.63) is 47.3 Å². The molecule has 21 heavy (non-hydrogen) atoms. The van der Waals surface area contributed by atoms with E-state index in [1.807, 2.05) is 36.7 Å². The number of rotatable bonds is 6. The second-order valence-corrected chi connectivity index (χ2v) is 7.14. The summed E-state index contributed by atoms with van der Waals surface area (Å²) in [5.74, 6) is 0. The minimum Gasteiger partial charge on any atom is -0.311 e. The third-order valence-electron chi connectivity index (χ3n) is 3.74. The predicted octanol–water partition coefficient (Wildman–Crippen LogP) is 2.35. The summed E-state index contributed by atoms with van der Waals surface area (Å²) >= 11 is 0. The summed E-state index contributed by atoms with van der Waals surface area (Å²) < 4.78 is 13.3. The summed E-state index contributed by atoms with van der Waals surface area (Å²) in [5.41, 5.74) is 4.48. The Morgan fingerprint density at radius 2 is 1.95 bits per heavy atom. The number of benzene rings is 1. The first kappa shape index (κ1) is 15.9. The molecular formula is C16H23N3OS. The molecule has 0 saturated carbocycles. The van der Waals surface area contributed by atoms with E-state index in [-0.39, 0.29) is 5.25 Å². The number of nitrogens with one attached hydrogen (secondary N) is 1. The normalized spacial score (nSPS) is 14.1. The Hall–Kier alpha value is -1.46. The van der Waals surface area contributed by atoms with E-state index in [0.29, 0.717) is 0 Å². The van der Waals surface area contributed by atoms with Crippen LogP contribution in [0.1, 0.15) is 23.9 Å². The molecule has 0 aliphatic heterocycles. The van der Waals surface area contributed by atoms with E-state index in [0.717, 1.165) is 30.2 Å². The molecule has 2 unspecified atom stereocenters. The largest absolute Gasteiger partial charge is 0.311 e. The molecule has 2 atom stereocenters. The molecule has 0 spiro atoms. The number of hydrogen-bond donors (Lipinski definition) is 1. The molecule has 4 nitrogen and oxygen atoms in total. The number of aryl methyl sites for hydroxylation is 1. The zero-order valence-corrected chi connectivity index (χ0v) is 13.9. The minimum atomic E-state index is -0.787. The Labute approximate surface area is 129 Å². The van der Waals surface area contributed by atoms with Crippen molar-refractivity contribution >= 4 is 10.8 Å².